The molecule has 10 heteroatoms. The van der Waals surface area contributed by atoms with E-state index in [4.69, 9.17) is 4.52 Å². The van der Waals surface area contributed by atoms with Crippen molar-refractivity contribution in [2.45, 2.75) is 31.7 Å². The van der Waals surface area contributed by atoms with Crippen molar-refractivity contribution in [3.8, 4) is 22.4 Å². The van der Waals surface area contributed by atoms with Gasteiger partial charge >= 0.3 is 0 Å². The molecule has 4 aromatic heterocycles. The monoisotopic (exact) mass is 454 g/mol. The lowest BCUT2D eigenvalue weighted by Gasteiger charge is -2.09. The van der Waals surface area contributed by atoms with Gasteiger partial charge in [-0.2, -0.15) is 10.1 Å². The van der Waals surface area contributed by atoms with Crippen LogP contribution in [-0.2, 0) is 19.0 Å². The lowest BCUT2D eigenvalue weighted by Crippen LogP contribution is -2.24. The lowest BCUT2D eigenvalue weighted by atomic mass is 10.0. The Morgan fingerprint density at radius 3 is 2.71 bits per heavy atom. The Labute approximate surface area is 194 Å². The van der Waals surface area contributed by atoms with E-state index in [-0.39, 0.29) is 17.1 Å². The number of nitrogens with zero attached hydrogens (tertiary/aromatic N) is 7. The Morgan fingerprint density at radius 1 is 1.15 bits per heavy atom. The van der Waals surface area contributed by atoms with Crippen molar-refractivity contribution >= 4 is 11.6 Å². The molecule has 1 saturated carbocycles. The first kappa shape index (κ1) is 20.3. The van der Waals surface area contributed by atoms with E-state index in [1.807, 2.05) is 54.2 Å². The van der Waals surface area contributed by atoms with Crippen LogP contribution in [-0.4, -0.2) is 40.4 Å². The Morgan fingerprint density at radius 2 is 1.97 bits per heavy atom. The predicted molar refractivity (Wildman–Crippen MR) is 123 cm³/mol. The van der Waals surface area contributed by atoms with Gasteiger partial charge in [-0.3, -0.25) is 13.9 Å². The van der Waals surface area contributed by atoms with Crippen molar-refractivity contribution in [3.05, 3.63) is 72.4 Å². The summed E-state index contributed by atoms with van der Waals surface area (Å²) >= 11 is 0. The first-order valence-electron chi connectivity index (χ1n) is 11.0. The number of aryl methyl sites for hydroxylation is 1. The van der Waals surface area contributed by atoms with Gasteiger partial charge in [-0.1, -0.05) is 36.3 Å². The number of hydrogen-bond donors (Lipinski definition) is 1. The van der Waals surface area contributed by atoms with Crippen LogP contribution < -0.4 is 5.32 Å². The second-order valence-electron chi connectivity index (χ2n) is 8.95. The van der Waals surface area contributed by atoms with Crippen LogP contribution >= 0.6 is 0 Å². The highest BCUT2D eigenvalue weighted by atomic mass is 16.5. The zero-order valence-corrected chi connectivity index (χ0v) is 18.8. The Kier molecular flexibility index (Phi) is 4.54. The molecule has 1 N–H and O–H groups in total. The first-order chi connectivity index (χ1) is 16.5. The van der Waals surface area contributed by atoms with E-state index in [1.165, 1.54) is 0 Å². The predicted octanol–water partition coefficient (Wildman–Crippen LogP) is 3.16. The SMILES string of the molecule is Cn1cc(-c2cc(-c3ccc(CNC(=O)c4noc(C5(C)CC5)n4)cc3)n3cnnc3c2)cn1. The van der Waals surface area contributed by atoms with Crippen molar-refractivity contribution < 1.29 is 9.32 Å². The Hall–Kier alpha value is -4.34. The second kappa shape index (κ2) is 7.62. The molecule has 0 atom stereocenters. The number of pyridine rings is 1. The summed E-state index contributed by atoms with van der Waals surface area (Å²) in [5.74, 6) is 0.261. The molecule has 4 heterocycles. The molecule has 0 aliphatic heterocycles. The standard InChI is InChI=1S/C24H22N8O2/c1-24(7-8-24)23-28-21(30-34-23)22(33)25-11-15-3-5-16(6-4-15)19-9-17(18-12-27-31(2)13-18)10-20-29-26-14-32(19)20/h3-6,9-10,12-14H,7-8,11H2,1-2H3,(H,25,33). The Bertz CT molecular complexity index is 1510. The van der Waals surface area contributed by atoms with Gasteiger partial charge in [-0.25, -0.2) is 0 Å². The summed E-state index contributed by atoms with van der Waals surface area (Å²) in [5, 5.41) is 19.3. The number of rotatable bonds is 6. The molecular formula is C24H22N8O2. The summed E-state index contributed by atoms with van der Waals surface area (Å²) in [7, 11) is 1.89. The van der Waals surface area contributed by atoms with Crippen molar-refractivity contribution in [3.63, 3.8) is 0 Å². The van der Waals surface area contributed by atoms with Crippen LogP contribution in [0.4, 0.5) is 0 Å². The third-order valence-corrected chi connectivity index (χ3v) is 6.30. The van der Waals surface area contributed by atoms with E-state index in [0.717, 1.165) is 46.4 Å². The molecule has 5 aromatic rings. The van der Waals surface area contributed by atoms with E-state index >= 15 is 0 Å². The third kappa shape index (κ3) is 3.62. The fourth-order valence-corrected chi connectivity index (χ4v) is 3.90. The molecular weight excluding hydrogens is 432 g/mol. The molecule has 34 heavy (non-hydrogen) atoms. The number of benzene rings is 1. The van der Waals surface area contributed by atoms with Crippen LogP contribution in [0.3, 0.4) is 0 Å². The van der Waals surface area contributed by atoms with Gasteiger partial charge < -0.3 is 9.84 Å². The molecule has 0 unspecified atom stereocenters. The number of hydrogen-bond acceptors (Lipinski definition) is 7. The molecule has 0 radical (unpaired) electrons. The highest BCUT2D eigenvalue weighted by Crippen LogP contribution is 2.46. The number of amides is 1. The molecule has 0 saturated heterocycles. The topological polar surface area (TPSA) is 116 Å². The van der Waals surface area contributed by atoms with E-state index in [2.05, 4.69) is 43.7 Å². The zero-order valence-electron chi connectivity index (χ0n) is 18.8. The summed E-state index contributed by atoms with van der Waals surface area (Å²) in [6, 6.07) is 12.1. The van der Waals surface area contributed by atoms with E-state index < -0.39 is 0 Å². The van der Waals surface area contributed by atoms with Crippen molar-refractivity contribution in [2.24, 2.45) is 7.05 Å². The number of aromatic nitrogens is 7. The summed E-state index contributed by atoms with van der Waals surface area (Å²) in [6.07, 6.45) is 7.52. The van der Waals surface area contributed by atoms with Crippen molar-refractivity contribution in [1.82, 2.24) is 39.8 Å². The largest absolute Gasteiger partial charge is 0.345 e. The van der Waals surface area contributed by atoms with E-state index in [1.54, 1.807) is 11.0 Å². The van der Waals surface area contributed by atoms with Gasteiger partial charge in [0.2, 0.25) is 5.89 Å². The van der Waals surface area contributed by atoms with Gasteiger partial charge in [0.25, 0.3) is 11.7 Å². The van der Waals surface area contributed by atoms with Gasteiger partial charge in [-0.05, 0) is 41.7 Å². The second-order valence-corrected chi connectivity index (χ2v) is 8.95. The maximum Gasteiger partial charge on any atom is 0.292 e. The normalized spacial score (nSPS) is 14.4. The average molecular weight is 454 g/mol. The molecule has 10 nitrogen and oxygen atoms in total. The third-order valence-electron chi connectivity index (χ3n) is 6.30. The minimum atomic E-state index is -0.348. The zero-order chi connectivity index (χ0) is 23.3. The van der Waals surface area contributed by atoms with Crippen LogP contribution in [0.1, 0.15) is 41.8 Å². The fraction of sp³-hybridized carbons (Fsp3) is 0.250. The minimum absolute atomic E-state index is 0.0636. The molecule has 1 amide bonds. The molecule has 1 aliphatic rings. The highest BCUT2D eigenvalue weighted by molar-refractivity contribution is 5.90. The van der Waals surface area contributed by atoms with Gasteiger partial charge in [-0.15, -0.1) is 10.2 Å². The first-order valence-corrected chi connectivity index (χ1v) is 11.0. The minimum Gasteiger partial charge on any atom is -0.345 e. The van der Waals surface area contributed by atoms with Crippen LogP contribution in [0.15, 0.2) is 59.6 Å². The van der Waals surface area contributed by atoms with Gasteiger partial charge in [0, 0.05) is 30.8 Å². The smallest absolute Gasteiger partial charge is 0.292 e. The molecule has 0 bridgehead atoms. The number of nitrogens with one attached hydrogen (secondary N) is 1. The van der Waals surface area contributed by atoms with Crippen LogP contribution in [0.2, 0.25) is 0 Å². The van der Waals surface area contributed by atoms with Crippen LogP contribution in [0, 0.1) is 0 Å². The number of carbonyl (C=O) groups is 1. The van der Waals surface area contributed by atoms with Crippen LogP contribution in [0.5, 0.6) is 0 Å². The number of fused-ring (bicyclic) bond motifs is 1. The number of carbonyl (C=O) groups excluding carboxylic acids is 1. The molecule has 1 aliphatic carbocycles. The van der Waals surface area contributed by atoms with Gasteiger partial charge in [0.05, 0.1) is 11.9 Å². The van der Waals surface area contributed by atoms with E-state index in [9.17, 15) is 4.79 Å². The maximum atomic E-state index is 12.4. The van der Waals surface area contributed by atoms with Crippen molar-refractivity contribution in [1.29, 1.82) is 0 Å². The molecule has 6 rings (SSSR count). The van der Waals surface area contributed by atoms with Gasteiger partial charge in [0.15, 0.2) is 5.65 Å². The van der Waals surface area contributed by atoms with Crippen LogP contribution in [0.25, 0.3) is 28.0 Å². The Balaban J connectivity index is 1.21. The van der Waals surface area contributed by atoms with Gasteiger partial charge in [0.1, 0.15) is 6.33 Å². The summed E-state index contributed by atoms with van der Waals surface area (Å²) in [5.41, 5.74) is 5.64. The molecule has 0 spiro atoms. The molecule has 1 aromatic carbocycles. The quantitative estimate of drug-likeness (QED) is 0.419. The highest BCUT2D eigenvalue weighted by Gasteiger charge is 2.44. The molecule has 1 fully saturated rings. The molecule has 170 valence electrons. The summed E-state index contributed by atoms with van der Waals surface area (Å²) < 4.78 is 8.98. The van der Waals surface area contributed by atoms with E-state index in [0.29, 0.717) is 12.4 Å². The van der Waals surface area contributed by atoms with Crippen molar-refractivity contribution in [2.75, 3.05) is 0 Å². The summed E-state index contributed by atoms with van der Waals surface area (Å²) in [4.78, 5) is 16.7. The summed E-state index contributed by atoms with van der Waals surface area (Å²) in [6.45, 7) is 2.42. The maximum absolute atomic E-state index is 12.4. The lowest BCUT2D eigenvalue weighted by molar-refractivity contribution is 0.0937. The fourth-order valence-electron chi connectivity index (χ4n) is 3.90. The average Bonchev–Trinajstić information content (AvgIpc) is 3.30.